The van der Waals surface area contributed by atoms with Crippen LogP contribution in [0.1, 0.15) is 40.0 Å². The third-order valence-corrected chi connectivity index (χ3v) is 4.94. The second-order valence-electron chi connectivity index (χ2n) is 8.47. The highest BCUT2D eigenvalue weighted by atomic mass is 16.5. The lowest BCUT2D eigenvalue weighted by molar-refractivity contribution is -0.151. The van der Waals surface area contributed by atoms with Gasteiger partial charge in [-0.2, -0.15) is 0 Å². The highest BCUT2D eigenvalue weighted by molar-refractivity contribution is 6.09. The molecular weight excluding hydrogens is 380 g/mol. The number of nitrogens with one attached hydrogen (secondary N) is 3. The predicted octanol–water partition coefficient (Wildman–Crippen LogP) is 0.678. The maximum absolute atomic E-state index is 12.9. The van der Waals surface area contributed by atoms with Crippen molar-refractivity contribution in [2.75, 3.05) is 19.7 Å². The summed E-state index contributed by atoms with van der Waals surface area (Å²) in [5, 5.41) is 7.06. The standard InChI is InChI=1S/C19H28N4O6/c1-5-6-20-16(27)21-13(24)10-29-14(25)9-23-15(26)19(22-17(23)28)8-12(2)7-18(3,4)11-19/h5,12H,1,6-11H2,2-4H3,(H,22,28)(H2,20,21,24,27)/t12-,19+/m1/s1. The van der Waals surface area contributed by atoms with Crippen molar-refractivity contribution in [1.29, 1.82) is 0 Å². The fraction of sp³-hybridized carbons (Fsp3) is 0.632. The van der Waals surface area contributed by atoms with Gasteiger partial charge in [0.25, 0.3) is 11.8 Å². The van der Waals surface area contributed by atoms with Crippen LogP contribution in [-0.4, -0.2) is 60.0 Å². The molecule has 0 aromatic carbocycles. The molecule has 1 heterocycles. The molecule has 29 heavy (non-hydrogen) atoms. The lowest BCUT2D eigenvalue weighted by atomic mass is 9.64. The second kappa shape index (κ2) is 8.62. The molecule has 1 saturated heterocycles. The average Bonchev–Trinajstić information content (AvgIpc) is 2.79. The van der Waals surface area contributed by atoms with Gasteiger partial charge in [-0.1, -0.05) is 26.8 Å². The summed E-state index contributed by atoms with van der Waals surface area (Å²) in [6.45, 7) is 8.40. The fourth-order valence-electron chi connectivity index (χ4n) is 4.34. The van der Waals surface area contributed by atoms with E-state index in [1.54, 1.807) is 0 Å². The molecule has 0 bridgehead atoms. The Morgan fingerprint density at radius 3 is 2.62 bits per heavy atom. The van der Waals surface area contributed by atoms with E-state index < -0.39 is 48.5 Å². The van der Waals surface area contributed by atoms with Crippen LogP contribution < -0.4 is 16.0 Å². The van der Waals surface area contributed by atoms with Crippen LogP contribution in [0.3, 0.4) is 0 Å². The van der Waals surface area contributed by atoms with Gasteiger partial charge < -0.3 is 15.4 Å². The van der Waals surface area contributed by atoms with Crippen LogP contribution in [0, 0.1) is 11.3 Å². The van der Waals surface area contributed by atoms with Crippen LogP contribution in [-0.2, 0) is 19.1 Å². The van der Waals surface area contributed by atoms with E-state index in [-0.39, 0.29) is 17.9 Å². The van der Waals surface area contributed by atoms with Gasteiger partial charge in [0, 0.05) is 6.54 Å². The van der Waals surface area contributed by atoms with Crippen LogP contribution in [0.25, 0.3) is 0 Å². The number of esters is 1. The van der Waals surface area contributed by atoms with Crippen LogP contribution >= 0.6 is 0 Å². The van der Waals surface area contributed by atoms with Gasteiger partial charge in [-0.3, -0.25) is 24.6 Å². The number of imide groups is 2. The zero-order valence-electron chi connectivity index (χ0n) is 17.0. The first kappa shape index (κ1) is 22.4. The van der Waals surface area contributed by atoms with Gasteiger partial charge >= 0.3 is 18.0 Å². The van der Waals surface area contributed by atoms with Crippen molar-refractivity contribution in [1.82, 2.24) is 20.9 Å². The Kier molecular flexibility index (Phi) is 6.66. The largest absolute Gasteiger partial charge is 0.454 e. The molecule has 0 radical (unpaired) electrons. The van der Waals surface area contributed by atoms with E-state index in [0.29, 0.717) is 12.8 Å². The van der Waals surface area contributed by atoms with Crippen LogP contribution in [0.15, 0.2) is 12.7 Å². The number of carbonyl (C=O) groups excluding carboxylic acids is 5. The Labute approximate surface area is 169 Å². The molecular formula is C19H28N4O6. The molecule has 2 fully saturated rings. The Balaban J connectivity index is 1.90. The van der Waals surface area contributed by atoms with Gasteiger partial charge in [-0.05, 0) is 30.6 Å². The minimum Gasteiger partial charge on any atom is -0.454 e. The predicted molar refractivity (Wildman–Crippen MR) is 102 cm³/mol. The summed E-state index contributed by atoms with van der Waals surface area (Å²) in [4.78, 5) is 61.1. The van der Waals surface area contributed by atoms with E-state index in [2.05, 4.69) is 17.2 Å². The van der Waals surface area contributed by atoms with Crippen molar-refractivity contribution in [2.24, 2.45) is 11.3 Å². The molecule has 1 saturated carbocycles. The highest BCUT2D eigenvalue weighted by Crippen LogP contribution is 2.46. The van der Waals surface area contributed by atoms with Gasteiger partial charge in [0.2, 0.25) is 0 Å². The van der Waals surface area contributed by atoms with Gasteiger partial charge in [0.05, 0.1) is 0 Å². The smallest absolute Gasteiger partial charge is 0.326 e. The summed E-state index contributed by atoms with van der Waals surface area (Å²) in [6, 6.07) is -1.40. The van der Waals surface area contributed by atoms with Crippen LogP contribution in [0.5, 0.6) is 0 Å². The summed E-state index contributed by atoms with van der Waals surface area (Å²) in [6.07, 6.45) is 3.37. The van der Waals surface area contributed by atoms with Gasteiger partial charge in [0.1, 0.15) is 12.1 Å². The van der Waals surface area contributed by atoms with E-state index in [1.807, 2.05) is 26.1 Å². The fourth-order valence-corrected chi connectivity index (χ4v) is 4.34. The van der Waals surface area contributed by atoms with E-state index in [4.69, 9.17) is 4.74 Å². The minimum atomic E-state index is -1.01. The number of ether oxygens (including phenoxy) is 1. The summed E-state index contributed by atoms with van der Waals surface area (Å²) < 4.78 is 4.78. The molecule has 2 rings (SSSR count). The third-order valence-electron chi connectivity index (χ3n) is 4.94. The second-order valence-corrected chi connectivity index (χ2v) is 8.47. The van der Waals surface area contributed by atoms with Crippen molar-refractivity contribution in [3.05, 3.63) is 12.7 Å². The molecule has 10 heteroatoms. The van der Waals surface area contributed by atoms with E-state index in [9.17, 15) is 24.0 Å². The molecule has 0 aromatic rings. The van der Waals surface area contributed by atoms with Crippen LogP contribution in [0.2, 0.25) is 0 Å². The van der Waals surface area contributed by atoms with Gasteiger partial charge in [0.15, 0.2) is 6.61 Å². The van der Waals surface area contributed by atoms with Crippen molar-refractivity contribution in [2.45, 2.75) is 45.6 Å². The Morgan fingerprint density at radius 1 is 1.31 bits per heavy atom. The summed E-state index contributed by atoms with van der Waals surface area (Å²) in [7, 11) is 0. The highest BCUT2D eigenvalue weighted by Gasteiger charge is 2.56. The zero-order chi connectivity index (χ0) is 21.8. The third kappa shape index (κ3) is 5.55. The lowest BCUT2D eigenvalue weighted by Gasteiger charge is -2.43. The summed E-state index contributed by atoms with van der Waals surface area (Å²) >= 11 is 0. The number of carbonyl (C=O) groups is 5. The topological polar surface area (TPSA) is 134 Å². The molecule has 0 unspecified atom stereocenters. The lowest BCUT2D eigenvalue weighted by Crippen LogP contribution is -2.54. The van der Waals surface area contributed by atoms with Crippen molar-refractivity contribution >= 4 is 29.8 Å². The molecule has 160 valence electrons. The molecule has 6 amide bonds. The molecule has 1 aliphatic heterocycles. The van der Waals surface area contributed by atoms with Crippen molar-refractivity contribution in [3.8, 4) is 0 Å². The SMILES string of the molecule is C=CCNC(=O)NC(=O)COC(=O)CN1C(=O)N[C@]2(C[C@H](C)CC(C)(C)C2)C1=O. The van der Waals surface area contributed by atoms with Crippen molar-refractivity contribution < 1.29 is 28.7 Å². The Morgan fingerprint density at radius 2 is 2.00 bits per heavy atom. The van der Waals surface area contributed by atoms with Gasteiger partial charge in [-0.15, -0.1) is 6.58 Å². The van der Waals surface area contributed by atoms with E-state index in [0.717, 1.165) is 11.3 Å². The maximum Gasteiger partial charge on any atom is 0.326 e. The number of hydrogen-bond donors (Lipinski definition) is 3. The monoisotopic (exact) mass is 408 g/mol. The van der Waals surface area contributed by atoms with E-state index >= 15 is 0 Å². The first-order valence-electron chi connectivity index (χ1n) is 9.46. The number of amides is 6. The summed E-state index contributed by atoms with van der Waals surface area (Å²) in [5.41, 5.74) is -1.14. The molecule has 2 atom stereocenters. The number of hydrogen-bond acceptors (Lipinski definition) is 6. The van der Waals surface area contributed by atoms with Crippen molar-refractivity contribution in [3.63, 3.8) is 0 Å². The van der Waals surface area contributed by atoms with Crippen LogP contribution in [0.4, 0.5) is 9.59 Å². The number of rotatable bonds is 6. The summed E-state index contributed by atoms with van der Waals surface area (Å²) in [5.74, 6) is -1.97. The molecule has 0 aromatic heterocycles. The molecule has 1 aliphatic carbocycles. The van der Waals surface area contributed by atoms with Gasteiger partial charge in [-0.25, -0.2) is 9.59 Å². The Bertz CT molecular complexity index is 734. The molecule has 10 nitrogen and oxygen atoms in total. The number of nitrogens with zero attached hydrogens (tertiary/aromatic N) is 1. The zero-order valence-corrected chi connectivity index (χ0v) is 17.0. The normalized spacial score (nSPS) is 25.3. The quantitative estimate of drug-likeness (QED) is 0.336. The number of urea groups is 2. The molecule has 2 aliphatic rings. The first-order valence-corrected chi connectivity index (χ1v) is 9.46. The van der Waals surface area contributed by atoms with E-state index in [1.165, 1.54) is 6.08 Å². The average molecular weight is 408 g/mol. The maximum atomic E-state index is 12.9. The molecule has 3 N–H and O–H groups in total. The molecule has 1 spiro atoms. The Hall–Kier alpha value is -2.91. The first-order chi connectivity index (χ1) is 13.5. The minimum absolute atomic E-state index is 0.124.